The summed E-state index contributed by atoms with van der Waals surface area (Å²) in [6.07, 6.45) is 1.85. The highest BCUT2D eigenvalue weighted by atomic mass is 32.2. The van der Waals surface area contributed by atoms with Crippen LogP contribution in [0, 0.1) is 18.3 Å². The molecule has 0 saturated carbocycles. The van der Waals surface area contributed by atoms with Gasteiger partial charge in [-0.3, -0.25) is 9.48 Å². The molecule has 1 unspecified atom stereocenters. The average molecular weight is 398 g/mol. The minimum atomic E-state index is -0.389. The molecule has 5 nitrogen and oxygen atoms in total. The molecular formula is C22H27N3O2S. The molecule has 2 rings (SSSR count). The van der Waals surface area contributed by atoms with Crippen LogP contribution >= 0.6 is 11.8 Å². The van der Waals surface area contributed by atoms with Crippen molar-refractivity contribution in [2.24, 2.45) is 7.05 Å². The Morgan fingerprint density at radius 1 is 1.29 bits per heavy atom. The van der Waals surface area contributed by atoms with Crippen LogP contribution in [-0.2, 0) is 22.0 Å². The third-order valence-corrected chi connectivity index (χ3v) is 5.40. The third kappa shape index (κ3) is 4.85. The van der Waals surface area contributed by atoms with Crippen molar-refractivity contribution in [1.82, 2.24) is 9.78 Å². The molecule has 28 heavy (non-hydrogen) atoms. The molecule has 2 aromatic rings. The SMILES string of the molecule is CSC(C)C(=O)O/C(=C(/C#N)c1ccc(C(C)(C)C)cc1)c1cc(C)nn1C. The van der Waals surface area contributed by atoms with E-state index >= 15 is 0 Å². The van der Waals surface area contributed by atoms with E-state index in [1.165, 1.54) is 17.3 Å². The van der Waals surface area contributed by atoms with Crippen LogP contribution in [0.4, 0.5) is 0 Å². The number of benzene rings is 1. The lowest BCUT2D eigenvalue weighted by Crippen LogP contribution is -2.17. The second-order valence-corrected chi connectivity index (χ2v) is 8.92. The van der Waals surface area contributed by atoms with Gasteiger partial charge in [0.2, 0.25) is 0 Å². The summed E-state index contributed by atoms with van der Waals surface area (Å²) in [6.45, 7) is 10.1. The monoisotopic (exact) mass is 397 g/mol. The Morgan fingerprint density at radius 2 is 1.89 bits per heavy atom. The molecule has 0 aliphatic carbocycles. The summed E-state index contributed by atoms with van der Waals surface area (Å²) in [7, 11) is 1.77. The van der Waals surface area contributed by atoms with Crippen LogP contribution in [0.5, 0.6) is 0 Å². The Labute approximate surface area is 171 Å². The first kappa shape index (κ1) is 21.8. The molecule has 0 N–H and O–H groups in total. The second kappa shape index (κ2) is 8.66. The average Bonchev–Trinajstić information content (AvgIpc) is 2.98. The maximum Gasteiger partial charge on any atom is 0.324 e. The lowest BCUT2D eigenvalue weighted by molar-refractivity contribution is -0.135. The molecule has 1 heterocycles. The van der Waals surface area contributed by atoms with Gasteiger partial charge in [-0.05, 0) is 42.7 Å². The fourth-order valence-electron chi connectivity index (χ4n) is 2.72. The summed E-state index contributed by atoms with van der Waals surface area (Å²) in [6, 6.07) is 11.8. The number of nitriles is 1. The van der Waals surface area contributed by atoms with Gasteiger partial charge < -0.3 is 4.74 Å². The molecule has 6 heteroatoms. The van der Waals surface area contributed by atoms with Crippen molar-refractivity contribution in [2.45, 2.75) is 45.3 Å². The second-order valence-electron chi connectivity index (χ2n) is 7.74. The standard InChI is InChI=1S/C22H27N3O2S/c1-14-12-19(25(6)24-14)20(27-21(26)15(2)28-7)18(13-23)16-8-10-17(11-9-16)22(3,4)5/h8-12,15H,1-7H3/b20-18-. The number of hydrogen-bond donors (Lipinski definition) is 0. The molecular weight excluding hydrogens is 370 g/mol. The van der Waals surface area contributed by atoms with Gasteiger partial charge in [0.15, 0.2) is 5.76 Å². The van der Waals surface area contributed by atoms with E-state index in [9.17, 15) is 10.1 Å². The van der Waals surface area contributed by atoms with Crippen molar-refractivity contribution in [3.05, 3.63) is 52.8 Å². The van der Waals surface area contributed by atoms with E-state index in [0.717, 1.165) is 5.69 Å². The molecule has 0 bridgehead atoms. The van der Waals surface area contributed by atoms with Crippen LogP contribution in [-0.4, -0.2) is 27.3 Å². The first-order chi connectivity index (χ1) is 13.1. The number of allylic oxidation sites excluding steroid dienone is 1. The van der Waals surface area contributed by atoms with Crippen LogP contribution < -0.4 is 0 Å². The Morgan fingerprint density at radius 3 is 2.32 bits per heavy atom. The van der Waals surface area contributed by atoms with Crippen molar-refractivity contribution >= 4 is 29.1 Å². The Hall–Kier alpha value is -2.52. The summed E-state index contributed by atoms with van der Waals surface area (Å²) >= 11 is 1.40. The van der Waals surface area contributed by atoms with Gasteiger partial charge in [0.1, 0.15) is 17.3 Å². The summed E-state index contributed by atoms with van der Waals surface area (Å²) in [5, 5.41) is 13.9. The van der Waals surface area contributed by atoms with Crippen molar-refractivity contribution in [1.29, 1.82) is 5.26 Å². The van der Waals surface area contributed by atoms with Gasteiger partial charge in [-0.2, -0.15) is 22.1 Å². The van der Waals surface area contributed by atoms with Gasteiger partial charge >= 0.3 is 5.97 Å². The van der Waals surface area contributed by atoms with Crippen LogP contribution in [0.3, 0.4) is 0 Å². The lowest BCUT2D eigenvalue weighted by atomic mass is 9.86. The van der Waals surface area contributed by atoms with Crippen LogP contribution in [0.15, 0.2) is 30.3 Å². The first-order valence-electron chi connectivity index (χ1n) is 9.09. The van der Waals surface area contributed by atoms with Gasteiger partial charge in [-0.25, -0.2) is 0 Å². The Balaban J connectivity index is 2.63. The number of esters is 1. The highest BCUT2D eigenvalue weighted by molar-refractivity contribution is 7.99. The number of carbonyl (C=O) groups is 1. The van der Waals surface area contributed by atoms with Crippen molar-refractivity contribution < 1.29 is 9.53 Å². The molecule has 1 aromatic heterocycles. The number of carbonyl (C=O) groups excluding carboxylic acids is 1. The molecule has 0 saturated heterocycles. The minimum Gasteiger partial charge on any atom is -0.422 e. The molecule has 0 radical (unpaired) electrons. The van der Waals surface area contributed by atoms with E-state index in [1.807, 2.05) is 43.5 Å². The predicted molar refractivity (Wildman–Crippen MR) is 115 cm³/mol. The highest BCUT2D eigenvalue weighted by Crippen LogP contribution is 2.30. The van der Waals surface area contributed by atoms with Crippen LogP contribution in [0.1, 0.15) is 50.2 Å². The molecule has 0 aliphatic rings. The van der Waals surface area contributed by atoms with Crippen molar-refractivity contribution in [3.63, 3.8) is 0 Å². The summed E-state index contributed by atoms with van der Waals surface area (Å²) in [5.74, 6) is -0.152. The highest BCUT2D eigenvalue weighted by Gasteiger charge is 2.23. The summed E-state index contributed by atoms with van der Waals surface area (Å²) in [4.78, 5) is 12.5. The lowest BCUT2D eigenvalue weighted by Gasteiger charge is -2.19. The molecule has 0 aliphatic heterocycles. The van der Waals surface area contributed by atoms with Gasteiger partial charge in [0.05, 0.1) is 10.9 Å². The maximum absolute atomic E-state index is 12.5. The van der Waals surface area contributed by atoms with Crippen molar-refractivity contribution in [2.75, 3.05) is 6.26 Å². The molecule has 0 amide bonds. The number of nitrogens with zero attached hydrogens (tertiary/aromatic N) is 3. The topological polar surface area (TPSA) is 67.9 Å². The molecule has 1 atom stereocenters. The normalized spacial score (nSPS) is 13.5. The quantitative estimate of drug-likeness (QED) is 0.415. The number of hydrogen-bond acceptors (Lipinski definition) is 5. The predicted octanol–water partition coefficient (Wildman–Crippen LogP) is 4.71. The maximum atomic E-state index is 12.5. The fraction of sp³-hybridized carbons (Fsp3) is 0.409. The zero-order valence-corrected chi connectivity index (χ0v) is 18.3. The fourth-order valence-corrected chi connectivity index (χ4v) is 2.96. The minimum absolute atomic E-state index is 0.0112. The molecule has 1 aromatic carbocycles. The van der Waals surface area contributed by atoms with E-state index in [4.69, 9.17) is 4.74 Å². The van der Waals surface area contributed by atoms with Crippen LogP contribution in [0.25, 0.3) is 11.3 Å². The van der Waals surface area contributed by atoms with E-state index in [-0.39, 0.29) is 22.4 Å². The summed E-state index contributed by atoms with van der Waals surface area (Å²) in [5.41, 5.74) is 3.57. The van der Waals surface area contributed by atoms with Gasteiger partial charge in [-0.15, -0.1) is 0 Å². The van der Waals surface area contributed by atoms with Gasteiger partial charge in [-0.1, -0.05) is 45.0 Å². The number of ether oxygens (including phenoxy) is 1. The zero-order valence-electron chi connectivity index (χ0n) is 17.5. The number of aryl methyl sites for hydroxylation is 2. The van der Waals surface area contributed by atoms with E-state index in [2.05, 4.69) is 31.9 Å². The first-order valence-corrected chi connectivity index (χ1v) is 10.4. The number of rotatable bonds is 5. The smallest absolute Gasteiger partial charge is 0.324 e. The Bertz CT molecular complexity index is 928. The van der Waals surface area contributed by atoms with E-state index in [1.54, 1.807) is 18.7 Å². The Kier molecular flexibility index (Phi) is 6.73. The van der Waals surface area contributed by atoms with Gasteiger partial charge in [0.25, 0.3) is 0 Å². The molecule has 148 valence electrons. The molecule has 0 fully saturated rings. The third-order valence-electron chi connectivity index (χ3n) is 4.50. The van der Waals surface area contributed by atoms with E-state index < -0.39 is 0 Å². The van der Waals surface area contributed by atoms with Crippen LogP contribution in [0.2, 0.25) is 0 Å². The number of thioether (sulfide) groups is 1. The largest absolute Gasteiger partial charge is 0.422 e. The zero-order chi connectivity index (χ0) is 21.1. The number of aromatic nitrogens is 2. The van der Waals surface area contributed by atoms with Gasteiger partial charge in [0, 0.05) is 7.05 Å². The summed E-state index contributed by atoms with van der Waals surface area (Å²) < 4.78 is 7.35. The molecule has 0 spiro atoms. The van der Waals surface area contributed by atoms with E-state index in [0.29, 0.717) is 16.8 Å². The van der Waals surface area contributed by atoms with Crippen molar-refractivity contribution in [3.8, 4) is 6.07 Å².